The first-order valence-electron chi connectivity index (χ1n) is 11.7. The van der Waals surface area contributed by atoms with Gasteiger partial charge in [0.2, 0.25) is 11.9 Å². The highest BCUT2D eigenvalue weighted by atomic mass is 19.1. The van der Waals surface area contributed by atoms with E-state index in [4.69, 9.17) is 5.73 Å². The summed E-state index contributed by atoms with van der Waals surface area (Å²) < 4.78 is 14.4. The molecular formula is C24H36FN7O. The molecule has 1 aliphatic rings. The number of benzene rings is 1. The van der Waals surface area contributed by atoms with Crippen molar-refractivity contribution in [1.29, 1.82) is 0 Å². The Kier molecular flexibility index (Phi) is 8.82. The number of hydrogen-bond acceptors (Lipinski definition) is 7. The van der Waals surface area contributed by atoms with Crippen LogP contribution in [0.2, 0.25) is 0 Å². The highest BCUT2D eigenvalue weighted by Gasteiger charge is 2.18. The van der Waals surface area contributed by atoms with E-state index in [0.717, 1.165) is 69.3 Å². The second-order valence-corrected chi connectivity index (χ2v) is 8.81. The van der Waals surface area contributed by atoms with Gasteiger partial charge in [-0.05, 0) is 44.2 Å². The van der Waals surface area contributed by atoms with E-state index in [1.54, 1.807) is 0 Å². The van der Waals surface area contributed by atoms with Gasteiger partial charge in [0.15, 0.2) is 11.6 Å². The number of carbonyl (C=O) groups is 1. The Morgan fingerprint density at radius 1 is 1.24 bits per heavy atom. The minimum absolute atomic E-state index is 0.0704. The molecule has 1 saturated heterocycles. The second kappa shape index (κ2) is 11.8. The van der Waals surface area contributed by atoms with Crippen molar-refractivity contribution in [3.8, 4) is 0 Å². The fraction of sp³-hybridized carbons (Fsp3) is 0.542. The van der Waals surface area contributed by atoms with E-state index in [1.807, 2.05) is 12.1 Å². The molecule has 1 aromatic heterocycles. The maximum atomic E-state index is 14.4. The smallest absolute Gasteiger partial charge is 0.229 e. The normalized spacial score (nSPS) is 15.3. The maximum absolute atomic E-state index is 14.4. The summed E-state index contributed by atoms with van der Waals surface area (Å²) in [6, 6.07) is 5.87. The number of nitrogens with one attached hydrogen (secondary N) is 2. The molecule has 1 atom stereocenters. The van der Waals surface area contributed by atoms with Gasteiger partial charge < -0.3 is 26.2 Å². The number of likely N-dealkylation sites (N-methyl/N-ethyl adjacent to an activating group) is 1. The number of piperazine rings is 1. The number of aryl methyl sites for hydroxylation is 1. The Labute approximate surface area is 195 Å². The Bertz CT molecular complexity index is 931. The van der Waals surface area contributed by atoms with Gasteiger partial charge in [-0.1, -0.05) is 26.2 Å². The molecule has 0 radical (unpaired) electrons. The van der Waals surface area contributed by atoms with Crippen LogP contribution in [0, 0.1) is 12.7 Å². The third-order valence-electron chi connectivity index (χ3n) is 5.99. The van der Waals surface area contributed by atoms with Gasteiger partial charge >= 0.3 is 0 Å². The van der Waals surface area contributed by atoms with Crippen molar-refractivity contribution in [2.45, 2.75) is 52.0 Å². The standard InChI is InChI=1S/C24H36FN7O/c1-4-5-6-7-18(15-22(26)33)28-23-20(25)16-27-24(30-23)29-19-8-9-21(17(2)14-19)32-12-10-31(3)11-13-32/h8-9,14,16,18H,4-7,10-13,15H2,1-3H3,(H2,26,33)(H2,27,28,29,30). The van der Waals surface area contributed by atoms with Gasteiger partial charge in [-0.3, -0.25) is 4.79 Å². The number of anilines is 4. The molecule has 0 bridgehead atoms. The fourth-order valence-corrected chi connectivity index (χ4v) is 4.10. The van der Waals surface area contributed by atoms with Crippen molar-refractivity contribution >= 4 is 29.0 Å². The van der Waals surface area contributed by atoms with Crippen LogP contribution in [-0.4, -0.2) is 60.0 Å². The van der Waals surface area contributed by atoms with Crippen molar-refractivity contribution in [2.24, 2.45) is 5.73 Å². The molecule has 8 nitrogen and oxygen atoms in total. The number of carbonyl (C=O) groups excluding carboxylic acids is 1. The summed E-state index contributed by atoms with van der Waals surface area (Å²) in [5.41, 5.74) is 8.59. The number of halogens is 1. The molecule has 1 amide bonds. The van der Waals surface area contributed by atoms with Crippen LogP contribution in [0.1, 0.15) is 44.6 Å². The highest BCUT2D eigenvalue weighted by molar-refractivity contribution is 5.75. The Balaban J connectivity index is 1.69. The summed E-state index contributed by atoms with van der Waals surface area (Å²) >= 11 is 0. The van der Waals surface area contributed by atoms with Gasteiger partial charge in [-0.15, -0.1) is 0 Å². The van der Waals surface area contributed by atoms with Crippen molar-refractivity contribution < 1.29 is 9.18 Å². The average Bonchev–Trinajstić information content (AvgIpc) is 2.77. The van der Waals surface area contributed by atoms with Crippen molar-refractivity contribution in [1.82, 2.24) is 14.9 Å². The number of aromatic nitrogens is 2. The number of nitrogens with two attached hydrogens (primary N) is 1. The highest BCUT2D eigenvalue weighted by Crippen LogP contribution is 2.26. The lowest BCUT2D eigenvalue weighted by atomic mass is 10.1. The van der Waals surface area contributed by atoms with Crippen LogP contribution >= 0.6 is 0 Å². The fourth-order valence-electron chi connectivity index (χ4n) is 4.10. The minimum Gasteiger partial charge on any atom is -0.370 e. The Morgan fingerprint density at radius 3 is 2.67 bits per heavy atom. The molecule has 0 aliphatic carbocycles. The van der Waals surface area contributed by atoms with E-state index < -0.39 is 11.7 Å². The van der Waals surface area contributed by atoms with E-state index in [9.17, 15) is 9.18 Å². The third-order valence-corrected chi connectivity index (χ3v) is 5.99. The molecule has 1 fully saturated rings. The lowest BCUT2D eigenvalue weighted by Crippen LogP contribution is -2.44. The van der Waals surface area contributed by atoms with Crippen molar-refractivity contribution in [2.75, 3.05) is 48.8 Å². The van der Waals surface area contributed by atoms with Crippen LogP contribution in [-0.2, 0) is 4.79 Å². The topological polar surface area (TPSA) is 99.4 Å². The SMILES string of the molecule is CCCCCC(CC(N)=O)Nc1nc(Nc2ccc(N3CCN(C)CC3)c(C)c2)ncc1F. The molecule has 4 N–H and O–H groups in total. The Morgan fingerprint density at radius 2 is 2.00 bits per heavy atom. The number of hydrogen-bond donors (Lipinski definition) is 3. The van der Waals surface area contributed by atoms with Gasteiger partial charge in [0.1, 0.15) is 0 Å². The van der Waals surface area contributed by atoms with Crippen LogP contribution in [0.15, 0.2) is 24.4 Å². The zero-order valence-corrected chi connectivity index (χ0v) is 19.9. The lowest BCUT2D eigenvalue weighted by Gasteiger charge is -2.35. The van der Waals surface area contributed by atoms with Crippen molar-refractivity contribution in [3.05, 3.63) is 35.8 Å². The third kappa shape index (κ3) is 7.28. The first-order valence-corrected chi connectivity index (χ1v) is 11.7. The zero-order chi connectivity index (χ0) is 23.8. The summed E-state index contributed by atoms with van der Waals surface area (Å²) in [5, 5.41) is 6.22. The van der Waals surface area contributed by atoms with Gasteiger partial charge in [-0.2, -0.15) is 4.98 Å². The molecule has 33 heavy (non-hydrogen) atoms. The summed E-state index contributed by atoms with van der Waals surface area (Å²) in [7, 11) is 2.14. The molecule has 180 valence electrons. The summed E-state index contributed by atoms with van der Waals surface area (Å²) in [5.74, 6) is -0.627. The predicted molar refractivity (Wildman–Crippen MR) is 132 cm³/mol. The van der Waals surface area contributed by atoms with Crippen LogP contribution in [0.3, 0.4) is 0 Å². The molecule has 1 aliphatic heterocycles. The van der Waals surface area contributed by atoms with Crippen LogP contribution in [0.5, 0.6) is 0 Å². The quantitative estimate of drug-likeness (QED) is 0.443. The molecule has 1 unspecified atom stereocenters. The lowest BCUT2D eigenvalue weighted by molar-refractivity contribution is -0.118. The zero-order valence-electron chi connectivity index (χ0n) is 19.9. The molecule has 9 heteroatoms. The number of nitrogens with zero attached hydrogens (tertiary/aromatic N) is 4. The first kappa shape index (κ1) is 24.7. The number of primary amides is 1. The average molecular weight is 458 g/mol. The molecule has 2 aromatic rings. The monoisotopic (exact) mass is 457 g/mol. The largest absolute Gasteiger partial charge is 0.370 e. The predicted octanol–water partition coefficient (Wildman–Crippen LogP) is 3.66. The van der Waals surface area contributed by atoms with Gasteiger partial charge in [0.25, 0.3) is 0 Å². The number of amides is 1. The van der Waals surface area contributed by atoms with Crippen LogP contribution < -0.4 is 21.3 Å². The maximum Gasteiger partial charge on any atom is 0.229 e. The van der Waals surface area contributed by atoms with Crippen LogP contribution in [0.4, 0.5) is 27.5 Å². The van der Waals surface area contributed by atoms with E-state index in [0.29, 0.717) is 0 Å². The van der Waals surface area contributed by atoms with Gasteiger partial charge in [-0.25, -0.2) is 9.37 Å². The van der Waals surface area contributed by atoms with Crippen molar-refractivity contribution in [3.63, 3.8) is 0 Å². The van der Waals surface area contributed by atoms with E-state index in [1.165, 1.54) is 5.69 Å². The molecule has 0 saturated carbocycles. The summed E-state index contributed by atoms with van der Waals surface area (Å²) in [6.07, 6.45) is 5.01. The van der Waals surface area contributed by atoms with Gasteiger partial charge in [0.05, 0.1) is 6.20 Å². The van der Waals surface area contributed by atoms with E-state index >= 15 is 0 Å². The molecule has 0 spiro atoms. The Hall–Kier alpha value is -2.94. The number of rotatable bonds is 11. The van der Waals surface area contributed by atoms with E-state index in [-0.39, 0.29) is 24.2 Å². The molecular weight excluding hydrogens is 421 g/mol. The summed E-state index contributed by atoms with van der Waals surface area (Å²) in [4.78, 5) is 24.6. The first-order chi connectivity index (χ1) is 15.9. The summed E-state index contributed by atoms with van der Waals surface area (Å²) in [6.45, 7) is 8.30. The molecule has 2 heterocycles. The van der Waals surface area contributed by atoms with Gasteiger partial charge in [0, 0.05) is 50.0 Å². The molecule has 1 aromatic carbocycles. The second-order valence-electron chi connectivity index (χ2n) is 8.81. The van der Waals surface area contributed by atoms with E-state index in [2.05, 4.69) is 57.4 Å². The minimum atomic E-state index is -0.563. The molecule has 3 rings (SSSR count). The van der Waals surface area contributed by atoms with Crippen LogP contribution in [0.25, 0.3) is 0 Å². The number of unbranched alkanes of at least 4 members (excludes halogenated alkanes) is 2.